The van der Waals surface area contributed by atoms with Crippen LogP contribution in [-0.2, 0) is 20.6 Å². The van der Waals surface area contributed by atoms with E-state index in [1.165, 1.54) is 17.7 Å². The van der Waals surface area contributed by atoms with Crippen molar-refractivity contribution < 1.29 is 13.2 Å². The zero-order valence-corrected chi connectivity index (χ0v) is 20.9. The molecule has 0 saturated carbocycles. The van der Waals surface area contributed by atoms with Crippen molar-refractivity contribution in [2.24, 2.45) is 0 Å². The third-order valence-corrected chi connectivity index (χ3v) is 8.17. The van der Waals surface area contributed by atoms with Gasteiger partial charge in [0.15, 0.2) is 0 Å². The third-order valence-electron chi connectivity index (χ3n) is 4.71. The van der Waals surface area contributed by atoms with Crippen LogP contribution >= 0.6 is 35.0 Å². The van der Waals surface area contributed by atoms with Gasteiger partial charge in [-0.05, 0) is 54.1 Å². The smallest absolute Gasteiger partial charge is 0.264 e. The van der Waals surface area contributed by atoms with E-state index in [0.29, 0.717) is 11.6 Å². The SMILES string of the molecule is O=C(CN(c1ccccc1Cl)S(=O)(=O)c1ccccc1)NCCCSCc1ccc(Cl)cc1. The van der Waals surface area contributed by atoms with Gasteiger partial charge in [0.2, 0.25) is 5.91 Å². The van der Waals surface area contributed by atoms with Crippen LogP contribution in [0.15, 0.2) is 83.8 Å². The highest BCUT2D eigenvalue weighted by Gasteiger charge is 2.28. The Balaban J connectivity index is 1.57. The Morgan fingerprint density at radius 1 is 0.909 bits per heavy atom. The van der Waals surface area contributed by atoms with Crippen molar-refractivity contribution in [2.45, 2.75) is 17.1 Å². The molecule has 0 atom stereocenters. The summed E-state index contributed by atoms with van der Waals surface area (Å²) in [7, 11) is -3.97. The maximum atomic E-state index is 13.3. The van der Waals surface area contributed by atoms with Crippen molar-refractivity contribution in [3.05, 3.63) is 94.5 Å². The number of carbonyl (C=O) groups is 1. The van der Waals surface area contributed by atoms with Crippen LogP contribution in [-0.4, -0.2) is 33.2 Å². The standard InChI is InChI=1S/C24H24Cl2N2O3S2/c25-20-13-11-19(12-14-20)18-32-16-6-15-27-24(29)17-28(23-10-5-4-9-22(23)26)33(30,31)21-7-2-1-3-8-21/h1-5,7-14H,6,15-18H2,(H,27,29). The van der Waals surface area contributed by atoms with Gasteiger partial charge in [0.1, 0.15) is 6.54 Å². The number of nitrogens with one attached hydrogen (secondary N) is 1. The third kappa shape index (κ3) is 7.40. The largest absolute Gasteiger partial charge is 0.354 e. The van der Waals surface area contributed by atoms with Crippen LogP contribution in [0.25, 0.3) is 0 Å². The molecular formula is C24H24Cl2N2O3S2. The molecule has 3 aromatic rings. The summed E-state index contributed by atoms with van der Waals surface area (Å²) < 4.78 is 27.6. The fraction of sp³-hybridized carbons (Fsp3) is 0.208. The van der Waals surface area contributed by atoms with E-state index in [-0.39, 0.29) is 22.2 Å². The number of hydrogen-bond acceptors (Lipinski definition) is 4. The predicted molar refractivity (Wildman–Crippen MR) is 138 cm³/mol. The lowest BCUT2D eigenvalue weighted by molar-refractivity contribution is -0.119. The molecule has 0 spiro atoms. The van der Waals surface area contributed by atoms with Gasteiger partial charge in [0.05, 0.1) is 15.6 Å². The fourth-order valence-corrected chi connectivity index (χ4v) is 5.83. The number of nitrogens with zero attached hydrogens (tertiary/aromatic N) is 1. The van der Waals surface area contributed by atoms with Gasteiger partial charge in [-0.25, -0.2) is 8.42 Å². The molecule has 3 aromatic carbocycles. The van der Waals surface area contributed by atoms with Crippen molar-refractivity contribution in [1.82, 2.24) is 5.32 Å². The second kappa shape index (κ2) is 12.3. The van der Waals surface area contributed by atoms with E-state index in [1.807, 2.05) is 24.3 Å². The molecule has 0 heterocycles. The van der Waals surface area contributed by atoms with E-state index in [4.69, 9.17) is 23.2 Å². The molecule has 5 nitrogen and oxygen atoms in total. The van der Waals surface area contributed by atoms with Crippen molar-refractivity contribution in [1.29, 1.82) is 0 Å². The number of hydrogen-bond donors (Lipinski definition) is 1. The molecule has 0 fully saturated rings. The topological polar surface area (TPSA) is 66.5 Å². The maximum absolute atomic E-state index is 13.3. The van der Waals surface area contributed by atoms with Crippen LogP contribution in [0.1, 0.15) is 12.0 Å². The Kier molecular flexibility index (Phi) is 9.50. The lowest BCUT2D eigenvalue weighted by Crippen LogP contribution is -2.41. The van der Waals surface area contributed by atoms with Gasteiger partial charge in [-0.1, -0.05) is 65.7 Å². The summed E-state index contributed by atoms with van der Waals surface area (Å²) in [6.07, 6.45) is 0.765. The number of rotatable bonds is 11. The molecule has 174 valence electrons. The fourth-order valence-electron chi connectivity index (χ4n) is 3.03. The number of amides is 1. The predicted octanol–water partition coefficient (Wildman–Crippen LogP) is 5.63. The number of sulfonamides is 1. The van der Waals surface area contributed by atoms with E-state index < -0.39 is 15.9 Å². The van der Waals surface area contributed by atoms with E-state index >= 15 is 0 Å². The van der Waals surface area contributed by atoms with Crippen LogP contribution in [0.2, 0.25) is 10.0 Å². The number of halogens is 2. The van der Waals surface area contributed by atoms with Crippen LogP contribution in [0.3, 0.4) is 0 Å². The summed E-state index contributed by atoms with van der Waals surface area (Å²) in [6, 6.07) is 22.3. The van der Waals surface area contributed by atoms with Gasteiger partial charge < -0.3 is 5.32 Å². The normalized spacial score (nSPS) is 11.2. The highest BCUT2D eigenvalue weighted by atomic mass is 35.5. The molecular weight excluding hydrogens is 499 g/mol. The summed E-state index contributed by atoms with van der Waals surface area (Å²) in [5.41, 5.74) is 1.45. The Bertz CT molecular complexity index is 1160. The molecule has 0 aliphatic carbocycles. The second-order valence-electron chi connectivity index (χ2n) is 7.16. The molecule has 1 amide bonds. The van der Waals surface area contributed by atoms with Gasteiger partial charge in [0.25, 0.3) is 10.0 Å². The maximum Gasteiger partial charge on any atom is 0.264 e. The monoisotopic (exact) mass is 522 g/mol. The molecule has 9 heteroatoms. The molecule has 0 aromatic heterocycles. The minimum atomic E-state index is -3.97. The molecule has 0 radical (unpaired) electrons. The first-order valence-electron chi connectivity index (χ1n) is 10.3. The molecule has 0 unspecified atom stereocenters. The Morgan fingerprint density at radius 3 is 2.27 bits per heavy atom. The van der Waals surface area contributed by atoms with Crippen molar-refractivity contribution in [3.8, 4) is 0 Å². The molecule has 33 heavy (non-hydrogen) atoms. The summed E-state index contributed by atoms with van der Waals surface area (Å²) >= 11 is 13.9. The first-order chi connectivity index (χ1) is 15.9. The van der Waals surface area contributed by atoms with E-state index in [9.17, 15) is 13.2 Å². The quantitative estimate of drug-likeness (QED) is 0.331. The van der Waals surface area contributed by atoms with E-state index in [0.717, 1.165) is 22.2 Å². The Morgan fingerprint density at radius 2 is 1.58 bits per heavy atom. The molecule has 0 saturated heterocycles. The van der Waals surface area contributed by atoms with Crippen molar-refractivity contribution in [2.75, 3.05) is 23.1 Å². The van der Waals surface area contributed by atoms with Gasteiger partial charge in [-0.2, -0.15) is 11.8 Å². The summed E-state index contributed by atoms with van der Waals surface area (Å²) in [6.45, 7) is 0.0904. The van der Waals surface area contributed by atoms with Gasteiger partial charge in [0, 0.05) is 17.3 Å². The number of para-hydroxylation sites is 1. The lowest BCUT2D eigenvalue weighted by atomic mass is 10.2. The lowest BCUT2D eigenvalue weighted by Gasteiger charge is -2.25. The first kappa shape index (κ1) is 25.4. The number of thioether (sulfide) groups is 1. The average Bonchev–Trinajstić information content (AvgIpc) is 2.82. The Labute approximate surface area is 209 Å². The van der Waals surface area contributed by atoms with Gasteiger partial charge in [-0.3, -0.25) is 9.10 Å². The van der Waals surface area contributed by atoms with Crippen molar-refractivity contribution in [3.63, 3.8) is 0 Å². The molecule has 0 aliphatic heterocycles. The molecule has 0 aliphatic rings. The number of anilines is 1. The second-order valence-corrected chi connectivity index (χ2v) is 11.0. The zero-order chi connectivity index (χ0) is 23.7. The van der Waals surface area contributed by atoms with Crippen molar-refractivity contribution >= 4 is 56.6 Å². The first-order valence-corrected chi connectivity index (χ1v) is 13.6. The van der Waals surface area contributed by atoms with Crippen LogP contribution in [0.4, 0.5) is 5.69 Å². The average molecular weight is 524 g/mol. The van der Waals surface area contributed by atoms with Crippen LogP contribution in [0, 0.1) is 0 Å². The van der Waals surface area contributed by atoms with Crippen LogP contribution < -0.4 is 9.62 Å². The number of carbonyl (C=O) groups excluding carboxylic acids is 1. The highest BCUT2D eigenvalue weighted by Crippen LogP contribution is 2.30. The zero-order valence-electron chi connectivity index (χ0n) is 17.8. The molecule has 3 rings (SSSR count). The summed E-state index contributed by atoms with van der Waals surface area (Å²) in [5.74, 6) is 1.33. The van der Waals surface area contributed by atoms with E-state index in [1.54, 1.807) is 54.2 Å². The highest BCUT2D eigenvalue weighted by molar-refractivity contribution is 7.98. The minimum absolute atomic E-state index is 0.0938. The van der Waals surface area contributed by atoms with E-state index in [2.05, 4.69) is 5.32 Å². The van der Waals surface area contributed by atoms with Crippen LogP contribution in [0.5, 0.6) is 0 Å². The van der Waals surface area contributed by atoms with Gasteiger partial charge in [-0.15, -0.1) is 0 Å². The molecule has 0 bridgehead atoms. The Hall–Kier alpha value is -2.19. The molecule has 1 N–H and O–H groups in total. The number of benzene rings is 3. The minimum Gasteiger partial charge on any atom is -0.354 e. The van der Waals surface area contributed by atoms with Gasteiger partial charge >= 0.3 is 0 Å². The summed E-state index contributed by atoms with van der Waals surface area (Å²) in [5, 5.41) is 3.78. The summed E-state index contributed by atoms with van der Waals surface area (Å²) in [4.78, 5) is 12.7.